The summed E-state index contributed by atoms with van der Waals surface area (Å²) in [5.41, 5.74) is 1.62. The first kappa shape index (κ1) is 19.8. The quantitative estimate of drug-likeness (QED) is 0.605. The summed E-state index contributed by atoms with van der Waals surface area (Å²) in [4.78, 5) is 14.5. The van der Waals surface area contributed by atoms with E-state index in [9.17, 15) is 4.79 Å². The molecular formula is C20H20ClN5O2S. The van der Waals surface area contributed by atoms with Crippen molar-refractivity contribution in [2.45, 2.75) is 5.16 Å². The van der Waals surface area contributed by atoms with Gasteiger partial charge in [0.25, 0.3) is 0 Å². The highest BCUT2D eigenvalue weighted by molar-refractivity contribution is 7.99. The Bertz CT molecular complexity index is 976. The standard InChI is InChI=1S/C20H20ClN5O2S/c21-15-5-4-6-16(13-15)22-18(27)14-29-20-24-23-19(25-9-11-28-12-10-25)26(20)17-7-2-1-3-8-17/h1-8,13H,9-12,14H2,(H,22,27). The molecule has 150 valence electrons. The van der Waals surface area contributed by atoms with Gasteiger partial charge in [-0.3, -0.25) is 9.36 Å². The molecule has 29 heavy (non-hydrogen) atoms. The van der Waals surface area contributed by atoms with Crippen LogP contribution in [0.25, 0.3) is 5.69 Å². The summed E-state index contributed by atoms with van der Waals surface area (Å²) in [5, 5.41) is 12.9. The molecule has 0 atom stereocenters. The van der Waals surface area contributed by atoms with E-state index in [4.69, 9.17) is 16.3 Å². The van der Waals surface area contributed by atoms with Crippen molar-refractivity contribution in [3.8, 4) is 5.69 Å². The molecule has 1 N–H and O–H groups in total. The molecule has 1 aliphatic heterocycles. The van der Waals surface area contributed by atoms with Crippen LogP contribution in [0.5, 0.6) is 0 Å². The number of nitrogens with one attached hydrogen (secondary N) is 1. The molecule has 9 heteroatoms. The third-order valence-corrected chi connectivity index (χ3v) is 5.53. The van der Waals surface area contributed by atoms with Gasteiger partial charge in [-0.05, 0) is 30.3 Å². The van der Waals surface area contributed by atoms with Gasteiger partial charge in [-0.1, -0.05) is 47.6 Å². The molecule has 1 aromatic heterocycles. The zero-order chi connectivity index (χ0) is 20.1. The van der Waals surface area contributed by atoms with Crippen LogP contribution < -0.4 is 10.2 Å². The summed E-state index contributed by atoms with van der Waals surface area (Å²) in [6.07, 6.45) is 0. The zero-order valence-corrected chi connectivity index (χ0v) is 17.2. The second kappa shape index (κ2) is 9.30. The third-order valence-electron chi connectivity index (χ3n) is 4.37. The van der Waals surface area contributed by atoms with E-state index in [0.29, 0.717) is 29.1 Å². The predicted molar refractivity (Wildman–Crippen MR) is 115 cm³/mol. The van der Waals surface area contributed by atoms with Gasteiger partial charge in [0.1, 0.15) is 0 Å². The Kier molecular flexibility index (Phi) is 6.33. The molecule has 3 aromatic rings. The SMILES string of the molecule is O=C(CSc1nnc(N2CCOCC2)n1-c1ccccc1)Nc1cccc(Cl)c1. The van der Waals surface area contributed by atoms with Crippen LogP contribution in [0.4, 0.5) is 11.6 Å². The lowest BCUT2D eigenvalue weighted by atomic mass is 10.3. The number of ether oxygens (including phenoxy) is 1. The van der Waals surface area contributed by atoms with Gasteiger partial charge in [0.05, 0.1) is 24.7 Å². The average Bonchev–Trinajstić information content (AvgIpc) is 3.17. The number of anilines is 2. The van der Waals surface area contributed by atoms with Crippen LogP contribution in [0, 0.1) is 0 Å². The minimum absolute atomic E-state index is 0.132. The fourth-order valence-electron chi connectivity index (χ4n) is 3.02. The molecule has 2 aromatic carbocycles. The lowest BCUT2D eigenvalue weighted by Gasteiger charge is -2.27. The lowest BCUT2D eigenvalue weighted by Crippen LogP contribution is -2.37. The van der Waals surface area contributed by atoms with Crippen molar-refractivity contribution in [1.82, 2.24) is 14.8 Å². The maximum absolute atomic E-state index is 12.4. The van der Waals surface area contributed by atoms with Crippen LogP contribution in [-0.2, 0) is 9.53 Å². The minimum atomic E-state index is -0.132. The molecular weight excluding hydrogens is 410 g/mol. The van der Waals surface area contributed by atoms with Gasteiger partial charge in [-0.2, -0.15) is 0 Å². The van der Waals surface area contributed by atoms with E-state index in [1.54, 1.807) is 24.3 Å². The highest BCUT2D eigenvalue weighted by Gasteiger charge is 2.22. The Morgan fingerprint density at radius 1 is 1.10 bits per heavy atom. The van der Waals surface area contributed by atoms with Crippen LogP contribution >= 0.6 is 23.4 Å². The number of carbonyl (C=O) groups is 1. The number of rotatable bonds is 6. The number of morpholine rings is 1. The Labute approximate surface area is 178 Å². The molecule has 0 radical (unpaired) electrons. The van der Waals surface area contributed by atoms with E-state index in [-0.39, 0.29) is 11.7 Å². The Balaban J connectivity index is 1.52. The molecule has 1 fully saturated rings. The monoisotopic (exact) mass is 429 g/mol. The van der Waals surface area contributed by atoms with Crippen LogP contribution in [0.1, 0.15) is 0 Å². The second-order valence-electron chi connectivity index (χ2n) is 6.40. The van der Waals surface area contributed by atoms with Crippen molar-refractivity contribution in [3.05, 3.63) is 59.6 Å². The van der Waals surface area contributed by atoms with E-state index in [1.165, 1.54) is 11.8 Å². The van der Waals surface area contributed by atoms with Gasteiger partial charge in [-0.15, -0.1) is 10.2 Å². The zero-order valence-electron chi connectivity index (χ0n) is 15.6. The second-order valence-corrected chi connectivity index (χ2v) is 7.78. The smallest absolute Gasteiger partial charge is 0.234 e. The molecule has 1 amide bonds. The van der Waals surface area contributed by atoms with E-state index >= 15 is 0 Å². The fraction of sp³-hybridized carbons (Fsp3) is 0.250. The first-order valence-corrected chi connectivity index (χ1v) is 10.6. The Morgan fingerprint density at radius 3 is 2.66 bits per heavy atom. The molecule has 4 rings (SSSR count). The molecule has 0 saturated carbocycles. The fourth-order valence-corrected chi connectivity index (χ4v) is 3.96. The van der Waals surface area contributed by atoms with E-state index in [2.05, 4.69) is 20.4 Å². The normalized spacial score (nSPS) is 14.0. The highest BCUT2D eigenvalue weighted by atomic mass is 35.5. The van der Waals surface area contributed by atoms with Gasteiger partial charge in [-0.25, -0.2) is 0 Å². The topological polar surface area (TPSA) is 72.3 Å². The number of halogens is 1. The van der Waals surface area contributed by atoms with Crippen molar-refractivity contribution in [2.24, 2.45) is 0 Å². The van der Waals surface area contributed by atoms with Crippen molar-refractivity contribution in [1.29, 1.82) is 0 Å². The summed E-state index contributed by atoms with van der Waals surface area (Å²) in [6.45, 7) is 2.83. The number of amides is 1. The first-order chi connectivity index (χ1) is 14.2. The van der Waals surface area contributed by atoms with Crippen LogP contribution in [-0.4, -0.2) is 52.7 Å². The molecule has 1 aliphatic rings. The van der Waals surface area contributed by atoms with Gasteiger partial charge in [0, 0.05) is 23.8 Å². The molecule has 0 unspecified atom stereocenters. The van der Waals surface area contributed by atoms with Gasteiger partial charge >= 0.3 is 0 Å². The Morgan fingerprint density at radius 2 is 1.90 bits per heavy atom. The van der Waals surface area contributed by atoms with Gasteiger partial charge in [0.2, 0.25) is 11.9 Å². The first-order valence-electron chi connectivity index (χ1n) is 9.22. The number of hydrogen-bond acceptors (Lipinski definition) is 6. The van der Waals surface area contributed by atoms with Crippen molar-refractivity contribution < 1.29 is 9.53 Å². The van der Waals surface area contributed by atoms with Crippen molar-refractivity contribution >= 4 is 40.9 Å². The number of thioether (sulfide) groups is 1. The molecule has 0 aliphatic carbocycles. The summed E-state index contributed by atoms with van der Waals surface area (Å²) in [7, 11) is 0. The molecule has 0 spiro atoms. The number of carbonyl (C=O) groups excluding carboxylic acids is 1. The maximum Gasteiger partial charge on any atom is 0.234 e. The van der Waals surface area contributed by atoms with Crippen molar-refractivity contribution in [3.63, 3.8) is 0 Å². The van der Waals surface area contributed by atoms with Gasteiger partial charge < -0.3 is 15.0 Å². The summed E-state index contributed by atoms with van der Waals surface area (Å²) in [6, 6.07) is 17.0. The van der Waals surface area contributed by atoms with Crippen LogP contribution in [0.15, 0.2) is 59.8 Å². The van der Waals surface area contributed by atoms with Crippen molar-refractivity contribution in [2.75, 3.05) is 42.3 Å². The van der Waals surface area contributed by atoms with Gasteiger partial charge in [0.15, 0.2) is 5.16 Å². The van der Waals surface area contributed by atoms with Crippen LogP contribution in [0.2, 0.25) is 5.02 Å². The predicted octanol–water partition coefficient (Wildman–Crippen LogP) is 3.49. The summed E-state index contributed by atoms with van der Waals surface area (Å²) in [5.74, 6) is 0.839. The van der Waals surface area contributed by atoms with E-state index < -0.39 is 0 Å². The summed E-state index contributed by atoms with van der Waals surface area (Å²) < 4.78 is 7.44. The number of para-hydroxylation sites is 1. The number of nitrogens with zero attached hydrogens (tertiary/aromatic N) is 4. The van der Waals surface area contributed by atoms with Crippen LogP contribution in [0.3, 0.4) is 0 Å². The highest BCUT2D eigenvalue weighted by Crippen LogP contribution is 2.27. The minimum Gasteiger partial charge on any atom is -0.378 e. The Hall–Kier alpha value is -2.55. The number of aromatic nitrogens is 3. The average molecular weight is 430 g/mol. The lowest BCUT2D eigenvalue weighted by molar-refractivity contribution is -0.113. The molecule has 2 heterocycles. The summed E-state index contributed by atoms with van der Waals surface area (Å²) >= 11 is 7.32. The largest absolute Gasteiger partial charge is 0.378 e. The molecule has 0 bridgehead atoms. The number of hydrogen-bond donors (Lipinski definition) is 1. The maximum atomic E-state index is 12.4. The molecule has 7 nitrogen and oxygen atoms in total. The number of benzene rings is 2. The van der Waals surface area contributed by atoms with E-state index in [0.717, 1.165) is 24.7 Å². The third kappa shape index (κ3) is 4.90. The molecule has 1 saturated heterocycles. The van der Waals surface area contributed by atoms with E-state index in [1.807, 2.05) is 34.9 Å².